The third kappa shape index (κ3) is 9.19. The fourth-order valence-electron chi connectivity index (χ4n) is 3.40. The maximum Gasteiger partial charge on any atom is 0.0231 e. The van der Waals surface area contributed by atoms with Gasteiger partial charge in [0, 0.05) is 9.52 Å². The Balaban J connectivity index is 1.68. The van der Waals surface area contributed by atoms with E-state index < -0.39 is 0 Å². The molecule has 0 heterocycles. The third-order valence-electron chi connectivity index (χ3n) is 4.69. The van der Waals surface area contributed by atoms with Gasteiger partial charge >= 0.3 is 0 Å². The van der Waals surface area contributed by atoms with Gasteiger partial charge in [-0.3, -0.25) is 0 Å². The van der Waals surface area contributed by atoms with E-state index >= 15 is 0 Å². The van der Waals surface area contributed by atoms with Crippen molar-refractivity contribution in [2.24, 2.45) is 0 Å². The largest absolute Gasteiger partial charge is 0.0654 e. The van der Waals surface area contributed by atoms with E-state index in [1.807, 2.05) is 0 Å². The van der Waals surface area contributed by atoms with Gasteiger partial charge in [-0.1, -0.05) is 108 Å². The van der Waals surface area contributed by atoms with E-state index in [2.05, 4.69) is 6.92 Å². The molecule has 0 N–H and O–H groups in total. The van der Waals surface area contributed by atoms with E-state index in [0.717, 1.165) is 0 Å². The minimum absolute atomic E-state index is 0.334. The molecule has 0 radical (unpaired) electrons. The summed E-state index contributed by atoms with van der Waals surface area (Å²) in [7, 11) is 0.334. The van der Waals surface area contributed by atoms with E-state index in [9.17, 15) is 0 Å². The number of rotatable bonds is 12. The zero-order valence-corrected chi connectivity index (χ0v) is 14.3. The van der Waals surface area contributed by atoms with Crippen molar-refractivity contribution in [2.45, 2.75) is 108 Å². The second-order valence-electron chi connectivity index (χ2n) is 6.47. The van der Waals surface area contributed by atoms with Crippen molar-refractivity contribution in [3.63, 3.8) is 0 Å². The average molecular weight is 269 g/mol. The third-order valence-corrected chi connectivity index (χ3v) is 7.23. The smallest absolute Gasteiger partial charge is 0.0231 e. The molecule has 0 aliphatic heterocycles. The molecule has 1 saturated carbocycles. The molecule has 0 aromatic carbocycles. The number of unbranched alkanes of at least 4 members (excludes halogenated alkanes) is 9. The van der Waals surface area contributed by atoms with Gasteiger partial charge in [0.15, 0.2) is 0 Å². The Hall–Kier alpha value is 0.217. The van der Waals surface area contributed by atoms with Crippen molar-refractivity contribution < 1.29 is 0 Å². The van der Waals surface area contributed by atoms with Gasteiger partial charge < -0.3 is 0 Å². The quantitative estimate of drug-likeness (QED) is 0.307. The molecule has 108 valence electrons. The van der Waals surface area contributed by atoms with Gasteiger partial charge in [-0.05, 0) is 0 Å². The van der Waals surface area contributed by atoms with Crippen LogP contribution < -0.4 is 0 Å². The molecule has 0 spiro atoms. The molecule has 0 aromatic heterocycles. The molecule has 18 heavy (non-hydrogen) atoms. The molecule has 0 saturated heterocycles. The Morgan fingerprint density at radius 3 is 1.78 bits per heavy atom. The van der Waals surface area contributed by atoms with Crippen LogP contribution in [0.1, 0.15) is 96.8 Å². The van der Waals surface area contributed by atoms with Crippen LogP contribution in [0.3, 0.4) is 0 Å². The Labute approximate surface area is 118 Å². The van der Waals surface area contributed by atoms with E-state index in [0.29, 0.717) is 9.52 Å². The van der Waals surface area contributed by atoms with E-state index in [1.54, 1.807) is 38.1 Å². The first-order chi connectivity index (χ1) is 8.93. The Bertz CT molecular complexity index is 161. The highest BCUT2D eigenvalue weighted by molar-refractivity contribution is 6.37. The lowest BCUT2D eigenvalue weighted by molar-refractivity contribution is 0.562. The standard InChI is InChI=1S/C17H36Si/c1-2-3-4-5-6-7-8-9-10-13-16-18-17-14-11-12-15-17/h17H,2-16,18H2,1H3. The van der Waals surface area contributed by atoms with Gasteiger partial charge in [0.2, 0.25) is 0 Å². The molecule has 0 nitrogen and oxygen atoms in total. The summed E-state index contributed by atoms with van der Waals surface area (Å²) in [6, 6.07) is 1.65. The molecule has 0 bridgehead atoms. The van der Waals surface area contributed by atoms with Crippen LogP contribution >= 0.6 is 0 Å². The molecule has 1 rings (SSSR count). The second-order valence-corrected chi connectivity index (χ2v) is 8.91. The van der Waals surface area contributed by atoms with Crippen molar-refractivity contribution in [1.29, 1.82) is 0 Å². The van der Waals surface area contributed by atoms with E-state index in [1.165, 1.54) is 63.3 Å². The average Bonchev–Trinajstić information content (AvgIpc) is 2.89. The van der Waals surface area contributed by atoms with Gasteiger partial charge in [-0.2, -0.15) is 0 Å². The number of hydrogen-bond acceptors (Lipinski definition) is 0. The van der Waals surface area contributed by atoms with E-state index in [4.69, 9.17) is 0 Å². The van der Waals surface area contributed by atoms with Crippen molar-refractivity contribution >= 4 is 9.52 Å². The van der Waals surface area contributed by atoms with Crippen LogP contribution in [0.15, 0.2) is 0 Å². The summed E-state index contributed by atoms with van der Waals surface area (Å²) in [5.74, 6) is 0. The van der Waals surface area contributed by atoms with Crippen LogP contribution in [0.2, 0.25) is 11.6 Å². The predicted octanol–water partition coefficient (Wildman–Crippen LogP) is 5.86. The van der Waals surface area contributed by atoms with Gasteiger partial charge in [-0.25, -0.2) is 0 Å². The van der Waals surface area contributed by atoms with Crippen LogP contribution in [0, 0.1) is 0 Å². The summed E-state index contributed by atoms with van der Waals surface area (Å²) in [5, 5.41) is 0. The summed E-state index contributed by atoms with van der Waals surface area (Å²) in [6.45, 7) is 2.30. The van der Waals surface area contributed by atoms with Gasteiger partial charge in [0.1, 0.15) is 0 Å². The summed E-state index contributed by atoms with van der Waals surface area (Å²) in [4.78, 5) is 0. The summed E-state index contributed by atoms with van der Waals surface area (Å²) in [5.41, 5.74) is 1.25. The molecular weight excluding hydrogens is 232 g/mol. The van der Waals surface area contributed by atoms with Crippen LogP contribution in [0.25, 0.3) is 0 Å². The molecule has 0 aromatic rings. The van der Waals surface area contributed by atoms with Crippen LogP contribution in [-0.2, 0) is 0 Å². The minimum Gasteiger partial charge on any atom is -0.0654 e. The lowest BCUT2D eigenvalue weighted by Crippen LogP contribution is -1.98. The first-order valence-corrected chi connectivity index (χ1v) is 10.7. The predicted molar refractivity (Wildman–Crippen MR) is 87.4 cm³/mol. The fraction of sp³-hybridized carbons (Fsp3) is 1.00. The minimum atomic E-state index is 0.334. The normalized spacial score (nSPS) is 17.2. The number of hydrogen-bond donors (Lipinski definition) is 0. The monoisotopic (exact) mass is 268 g/mol. The van der Waals surface area contributed by atoms with Crippen LogP contribution in [0.4, 0.5) is 0 Å². The molecule has 0 atom stereocenters. The lowest BCUT2D eigenvalue weighted by Gasteiger charge is -2.07. The van der Waals surface area contributed by atoms with Crippen LogP contribution in [-0.4, -0.2) is 9.52 Å². The summed E-state index contributed by atoms with van der Waals surface area (Å²) in [6.07, 6.45) is 21.2. The molecule has 0 unspecified atom stereocenters. The summed E-state index contributed by atoms with van der Waals surface area (Å²) >= 11 is 0. The van der Waals surface area contributed by atoms with Crippen molar-refractivity contribution in [2.75, 3.05) is 0 Å². The molecule has 1 fully saturated rings. The highest BCUT2D eigenvalue weighted by Crippen LogP contribution is 2.30. The van der Waals surface area contributed by atoms with Crippen molar-refractivity contribution in [3.05, 3.63) is 0 Å². The highest BCUT2D eigenvalue weighted by Gasteiger charge is 2.14. The lowest BCUT2D eigenvalue weighted by atomic mass is 10.1. The first-order valence-electron chi connectivity index (χ1n) is 8.93. The zero-order chi connectivity index (χ0) is 12.9. The Kier molecular flexibility index (Phi) is 11.1. The first kappa shape index (κ1) is 16.3. The van der Waals surface area contributed by atoms with Gasteiger partial charge in [-0.15, -0.1) is 0 Å². The molecular formula is C17H36Si. The second kappa shape index (κ2) is 12.3. The summed E-state index contributed by atoms with van der Waals surface area (Å²) < 4.78 is 0. The van der Waals surface area contributed by atoms with Gasteiger partial charge in [0.25, 0.3) is 0 Å². The molecule has 1 aliphatic carbocycles. The highest BCUT2D eigenvalue weighted by atomic mass is 28.2. The zero-order valence-electron chi connectivity index (χ0n) is 12.9. The van der Waals surface area contributed by atoms with Crippen molar-refractivity contribution in [1.82, 2.24) is 0 Å². The van der Waals surface area contributed by atoms with Crippen molar-refractivity contribution in [3.8, 4) is 0 Å². The van der Waals surface area contributed by atoms with Gasteiger partial charge in [0.05, 0.1) is 0 Å². The SMILES string of the molecule is CCCCCCCCCCCC[SiH2]C1CCCC1. The van der Waals surface area contributed by atoms with E-state index in [-0.39, 0.29) is 0 Å². The Morgan fingerprint density at radius 1 is 0.722 bits per heavy atom. The van der Waals surface area contributed by atoms with Crippen LogP contribution in [0.5, 0.6) is 0 Å². The maximum atomic E-state index is 2.30. The molecule has 1 heteroatoms. The molecule has 0 amide bonds. The molecule has 1 aliphatic rings. The fourth-order valence-corrected chi connectivity index (χ4v) is 5.77. The maximum absolute atomic E-state index is 2.30. The Morgan fingerprint density at radius 2 is 1.22 bits per heavy atom. The topological polar surface area (TPSA) is 0 Å².